The molecule has 4 aromatic rings. The number of para-hydroxylation sites is 1. The average Bonchev–Trinajstić information content (AvgIpc) is 3.81. The lowest BCUT2D eigenvalue weighted by Crippen LogP contribution is -2.48. The molecular weight excluding hydrogens is 572 g/mol. The normalized spacial score (nSPS) is 22.4. The number of ether oxygens (including phenoxy) is 2. The molecule has 1 fully saturated rings. The van der Waals surface area contributed by atoms with Crippen molar-refractivity contribution in [2.75, 3.05) is 45.9 Å². The quantitative estimate of drug-likeness (QED) is 0.369. The molecule has 0 radical (unpaired) electrons. The van der Waals surface area contributed by atoms with Crippen LogP contribution in [-0.4, -0.2) is 82.1 Å². The van der Waals surface area contributed by atoms with Gasteiger partial charge in [0.2, 0.25) is 5.91 Å². The van der Waals surface area contributed by atoms with Gasteiger partial charge in [0, 0.05) is 80.7 Å². The molecule has 11 heteroatoms. The Morgan fingerprint density at radius 1 is 1.11 bits per heavy atom. The molecule has 45 heavy (non-hydrogen) atoms. The zero-order valence-corrected chi connectivity index (χ0v) is 25.5. The summed E-state index contributed by atoms with van der Waals surface area (Å²) in [6, 6.07) is 14.7. The maximum atomic E-state index is 13.2. The molecule has 2 aromatic carbocycles. The van der Waals surface area contributed by atoms with Crippen molar-refractivity contribution in [1.82, 2.24) is 29.7 Å². The minimum Gasteiger partial charge on any atom is -0.490 e. The lowest BCUT2D eigenvalue weighted by atomic mass is 9.73. The van der Waals surface area contributed by atoms with E-state index < -0.39 is 0 Å². The molecule has 234 valence electrons. The highest BCUT2D eigenvalue weighted by Gasteiger charge is 2.51. The van der Waals surface area contributed by atoms with E-state index in [0.29, 0.717) is 63.6 Å². The number of likely N-dealkylation sites (tertiary alicyclic amines) is 1. The van der Waals surface area contributed by atoms with Crippen LogP contribution in [0.1, 0.15) is 52.6 Å². The van der Waals surface area contributed by atoms with Crippen LogP contribution in [0.15, 0.2) is 72.0 Å². The number of oxazole rings is 1. The molecule has 6 heterocycles. The Morgan fingerprint density at radius 3 is 2.78 bits per heavy atom. The van der Waals surface area contributed by atoms with Crippen LogP contribution in [0, 0.1) is 12.3 Å². The number of aryl methyl sites for hydroxylation is 1. The number of fused-ring (bicyclic) bond motifs is 11. The van der Waals surface area contributed by atoms with Crippen LogP contribution in [0.3, 0.4) is 0 Å². The first-order valence-electron chi connectivity index (χ1n) is 15.6. The molecule has 1 N–H and O–H groups in total. The Bertz CT molecular complexity index is 1650. The average molecular weight is 611 g/mol. The minimum atomic E-state index is -0.276. The first-order valence-corrected chi connectivity index (χ1v) is 15.6. The van der Waals surface area contributed by atoms with E-state index in [0.717, 1.165) is 42.4 Å². The fraction of sp³-hybridized carbons (Fsp3) is 0.412. The summed E-state index contributed by atoms with van der Waals surface area (Å²) < 4.78 is 20.0. The van der Waals surface area contributed by atoms with Gasteiger partial charge in [-0.1, -0.05) is 24.3 Å². The number of amides is 2. The van der Waals surface area contributed by atoms with Crippen LogP contribution in [-0.2, 0) is 11.3 Å². The summed E-state index contributed by atoms with van der Waals surface area (Å²) in [5.74, 6) is 1.96. The van der Waals surface area contributed by atoms with E-state index in [1.165, 1.54) is 12.0 Å². The number of carbonyl (C=O) groups excluding carboxylic acids is 2. The Labute approximate surface area is 262 Å². The van der Waals surface area contributed by atoms with Crippen LogP contribution in [0.2, 0.25) is 0 Å². The zero-order chi connectivity index (χ0) is 30.8. The Kier molecular flexibility index (Phi) is 8.01. The van der Waals surface area contributed by atoms with E-state index in [9.17, 15) is 9.59 Å². The highest BCUT2D eigenvalue weighted by Crippen LogP contribution is 2.52. The number of carbonyl (C=O) groups is 2. The SMILES string of the molecule is Cc1ocnc1C(=O)N1CCCOc2cccc3c2OC[C@@]2(CNC(=O)CCC1)CN(Cc1ccc(-n4ccnc4)cc1)C[C@@H]32. The first kappa shape index (κ1) is 29.1. The van der Waals surface area contributed by atoms with Crippen LogP contribution < -0.4 is 14.8 Å². The van der Waals surface area contributed by atoms with Crippen molar-refractivity contribution in [3.63, 3.8) is 0 Å². The third-order valence-electron chi connectivity index (χ3n) is 9.29. The topological polar surface area (TPSA) is 115 Å². The molecule has 2 aromatic heterocycles. The molecule has 0 unspecified atom stereocenters. The third kappa shape index (κ3) is 5.92. The fourth-order valence-electron chi connectivity index (χ4n) is 6.94. The fourth-order valence-corrected chi connectivity index (χ4v) is 6.94. The summed E-state index contributed by atoms with van der Waals surface area (Å²) in [5, 5.41) is 3.24. The standard InChI is InChI=1S/C34H38N6O5/c1-24-31(37-23-45-24)33(42)39-13-3-7-30(41)36-19-34-20-38(17-25-8-10-26(11-9-25)40-15-12-35-22-40)18-28(34)27-5-2-6-29(32(27)44-21-34)43-16-4-14-39/h2,5-6,8-12,15,22-23,28H,3-4,7,13-14,16-21H2,1H3,(H,36,41)/t28-,34+/m0/s1. The zero-order valence-electron chi connectivity index (χ0n) is 25.5. The van der Waals surface area contributed by atoms with Gasteiger partial charge in [-0.05, 0) is 43.5 Å². The molecule has 2 amide bonds. The number of benzene rings is 2. The number of rotatable bonds is 4. The van der Waals surface area contributed by atoms with Crippen molar-refractivity contribution >= 4 is 11.8 Å². The second-order valence-corrected chi connectivity index (χ2v) is 12.3. The molecule has 8 rings (SSSR count). The van der Waals surface area contributed by atoms with E-state index in [4.69, 9.17) is 13.9 Å². The molecule has 2 atom stereocenters. The van der Waals surface area contributed by atoms with Gasteiger partial charge in [-0.25, -0.2) is 9.97 Å². The Balaban J connectivity index is 1.10. The van der Waals surface area contributed by atoms with Gasteiger partial charge in [0.25, 0.3) is 5.91 Å². The summed E-state index contributed by atoms with van der Waals surface area (Å²) in [4.78, 5) is 38.9. The van der Waals surface area contributed by atoms with Gasteiger partial charge in [0.1, 0.15) is 5.76 Å². The molecule has 4 aliphatic heterocycles. The summed E-state index contributed by atoms with van der Waals surface area (Å²) in [7, 11) is 0. The van der Waals surface area contributed by atoms with Crippen molar-refractivity contribution in [3.05, 3.63) is 90.2 Å². The second kappa shape index (κ2) is 12.4. The summed E-state index contributed by atoms with van der Waals surface area (Å²) >= 11 is 0. The molecule has 0 saturated carbocycles. The molecule has 11 nitrogen and oxygen atoms in total. The van der Waals surface area contributed by atoms with Crippen LogP contribution in [0.4, 0.5) is 0 Å². The third-order valence-corrected chi connectivity index (χ3v) is 9.29. The van der Waals surface area contributed by atoms with E-state index in [2.05, 4.69) is 50.5 Å². The molecule has 1 saturated heterocycles. The molecule has 4 bridgehead atoms. The summed E-state index contributed by atoms with van der Waals surface area (Å²) in [5.41, 5.74) is 3.46. The smallest absolute Gasteiger partial charge is 0.276 e. The lowest BCUT2D eigenvalue weighted by molar-refractivity contribution is -0.122. The number of imidazole rings is 1. The number of nitrogens with zero attached hydrogens (tertiary/aromatic N) is 5. The van der Waals surface area contributed by atoms with Gasteiger partial charge in [-0.3, -0.25) is 14.5 Å². The van der Waals surface area contributed by atoms with Gasteiger partial charge >= 0.3 is 0 Å². The predicted octanol–water partition coefficient (Wildman–Crippen LogP) is 3.97. The van der Waals surface area contributed by atoms with Crippen LogP contribution in [0.25, 0.3) is 5.69 Å². The van der Waals surface area contributed by atoms with Crippen molar-refractivity contribution in [2.24, 2.45) is 5.41 Å². The van der Waals surface area contributed by atoms with Crippen molar-refractivity contribution < 1.29 is 23.5 Å². The van der Waals surface area contributed by atoms with Crippen molar-refractivity contribution in [1.29, 1.82) is 0 Å². The van der Waals surface area contributed by atoms with Crippen molar-refractivity contribution in [3.8, 4) is 17.2 Å². The second-order valence-electron chi connectivity index (χ2n) is 12.3. The highest BCUT2D eigenvalue weighted by atomic mass is 16.5. The monoisotopic (exact) mass is 610 g/mol. The van der Waals surface area contributed by atoms with Gasteiger partial charge in [0.15, 0.2) is 23.6 Å². The van der Waals surface area contributed by atoms with E-state index in [-0.39, 0.29) is 23.1 Å². The number of aromatic nitrogens is 3. The maximum absolute atomic E-state index is 13.2. The predicted molar refractivity (Wildman–Crippen MR) is 165 cm³/mol. The van der Waals surface area contributed by atoms with E-state index in [1.54, 1.807) is 24.3 Å². The van der Waals surface area contributed by atoms with Gasteiger partial charge in [-0.15, -0.1) is 0 Å². The van der Waals surface area contributed by atoms with Gasteiger partial charge < -0.3 is 28.7 Å². The first-order chi connectivity index (χ1) is 22.0. The molecule has 0 aliphatic carbocycles. The minimum absolute atomic E-state index is 0.0170. The van der Waals surface area contributed by atoms with Gasteiger partial charge in [0.05, 0.1) is 19.5 Å². The molecular formula is C34H38N6O5. The maximum Gasteiger partial charge on any atom is 0.276 e. The Morgan fingerprint density at radius 2 is 1.98 bits per heavy atom. The van der Waals surface area contributed by atoms with E-state index in [1.807, 2.05) is 22.9 Å². The van der Waals surface area contributed by atoms with Crippen LogP contribution >= 0.6 is 0 Å². The summed E-state index contributed by atoms with van der Waals surface area (Å²) in [6.07, 6.45) is 8.30. The van der Waals surface area contributed by atoms with E-state index >= 15 is 0 Å². The number of nitrogens with one attached hydrogen (secondary N) is 1. The Hall–Kier alpha value is -4.64. The highest BCUT2D eigenvalue weighted by molar-refractivity contribution is 5.93. The van der Waals surface area contributed by atoms with Gasteiger partial charge in [-0.2, -0.15) is 0 Å². The van der Waals surface area contributed by atoms with Crippen LogP contribution in [0.5, 0.6) is 11.5 Å². The molecule has 4 aliphatic rings. The number of hydrogen-bond donors (Lipinski definition) is 1. The van der Waals surface area contributed by atoms with Crippen molar-refractivity contribution in [2.45, 2.75) is 38.6 Å². The lowest BCUT2D eigenvalue weighted by Gasteiger charge is -2.40. The largest absolute Gasteiger partial charge is 0.490 e. The summed E-state index contributed by atoms with van der Waals surface area (Å²) in [6.45, 7) is 6.55. The number of hydrogen-bond acceptors (Lipinski definition) is 8. The molecule has 1 spiro atoms.